The molecule has 5 nitrogen and oxygen atoms in total. The first kappa shape index (κ1) is 12.3. The molecule has 1 aliphatic heterocycles. The Hall–Kier alpha value is -1.72. The average Bonchev–Trinajstić information content (AvgIpc) is 2.95. The van der Waals surface area contributed by atoms with Crippen LogP contribution in [0.3, 0.4) is 0 Å². The normalized spacial score (nSPS) is 16.6. The molecule has 0 atom stereocenters. The number of hydrogen-bond acceptors (Lipinski definition) is 4. The fourth-order valence-electron chi connectivity index (χ4n) is 2.36. The van der Waals surface area contributed by atoms with E-state index < -0.39 is 0 Å². The minimum Gasteiger partial charge on any atom is -0.381 e. The summed E-state index contributed by atoms with van der Waals surface area (Å²) in [7, 11) is 0. The van der Waals surface area contributed by atoms with Gasteiger partial charge in [-0.05, 0) is 25.0 Å². The Morgan fingerprint density at radius 2 is 2.21 bits per heavy atom. The van der Waals surface area contributed by atoms with Gasteiger partial charge in [-0.25, -0.2) is 0 Å². The van der Waals surface area contributed by atoms with E-state index in [4.69, 9.17) is 4.74 Å². The zero-order valence-corrected chi connectivity index (χ0v) is 10.8. The fraction of sp³-hybridized carbons (Fsp3) is 0.429. The van der Waals surface area contributed by atoms with Crippen LogP contribution in [0.25, 0.3) is 11.3 Å². The molecule has 0 aromatic carbocycles. The van der Waals surface area contributed by atoms with E-state index in [1.165, 1.54) is 5.56 Å². The minimum absolute atomic E-state index is 0.547. The molecule has 1 saturated heterocycles. The van der Waals surface area contributed by atoms with Crippen LogP contribution in [-0.2, 0) is 11.3 Å². The number of pyridine rings is 1. The minimum atomic E-state index is 0.547. The first-order valence-corrected chi connectivity index (χ1v) is 6.67. The van der Waals surface area contributed by atoms with Crippen LogP contribution in [0.1, 0.15) is 18.4 Å². The Morgan fingerprint density at radius 3 is 3.00 bits per heavy atom. The second-order valence-electron chi connectivity index (χ2n) is 4.78. The Bertz CT molecular complexity index is 505. The Labute approximate surface area is 112 Å². The van der Waals surface area contributed by atoms with Crippen molar-refractivity contribution in [3.8, 4) is 11.3 Å². The third-order valence-corrected chi connectivity index (χ3v) is 3.47. The van der Waals surface area contributed by atoms with Crippen LogP contribution in [0.15, 0.2) is 30.7 Å². The van der Waals surface area contributed by atoms with Crippen LogP contribution in [-0.4, -0.2) is 34.4 Å². The molecule has 3 rings (SSSR count). The van der Waals surface area contributed by atoms with E-state index >= 15 is 0 Å². The largest absolute Gasteiger partial charge is 0.381 e. The van der Waals surface area contributed by atoms with E-state index in [0.717, 1.165) is 43.9 Å². The van der Waals surface area contributed by atoms with Gasteiger partial charge in [-0.15, -0.1) is 0 Å². The molecule has 5 heteroatoms. The number of nitrogens with zero attached hydrogens (tertiary/aromatic N) is 2. The standard InChI is InChI=1S/C14H18N4O/c1-2-11(8-15-5-1)14-12(10-17-18-14)9-16-13-3-6-19-7-4-13/h1-2,5,8,10,13,16H,3-4,6-7,9H2,(H,17,18). The first-order valence-electron chi connectivity index (χ1n) is 6.67. The maximum Gasteiger partial charge on any atom is 0.0710 e. The summed E-state index contributed by atoms with van der Waals surface area (Å²) >= 11 is 0. The second kappa shape index (κ2) is 5.95. The maximum atomic E-state index is 5.36. The van der Waals surface area contributed by atoms with Gasteiger partial charge in [-0.2, -0.15) is 5.10 Å². The van der Waals surface area contributed by atoms with Gasteiger partial charge in [0.1, 0.15) is 0 Å². The van der Waals surface area contributed by atoms with Crippen molar-refractivity contribution < 1.29 is 4.74 Å². The van der Waals surface area contributed by atoms with Gasteiger partial charge < -0.3 is 10.1 Å². The third kappa shape index (κ3) is 3.00. The number of hydrogen-bond donors (Lipinski definition) is 2. The van der Waals surface area contributed by atoms with Gasteiger partial charge in [0.15, 0.2) is 0 Å². The molecule has 19 heavy (non-hydrogen) atoms. The van der Waals surface area contributed by atoms with E-state index in [2.05, 4.69) is 20.5 Å². The lowest BCUT2D eigenvalue weighted by Crippen LogP contribution is -2.34. The number of ether oxygens (including phenoxy) is 1. The molecule has 0 radical (unpaired) electrons. The van der Waals surface area contributed by atoms with E-state index in [1.807, 2.05) is 24.5 Å². The molecule has 0 unspecified atom stereocenters. The predicted octanol–water partition coefficient (Wildman–Crippen LogP) is 1.74. The quantitative estimate of drug-likeness (QED) is 0.877. The third-order valence-electron chi connectivity index (χ3n) is 3.47. The molecule has 3 heterocycles. The van der Waals surface area contributed by atoms with E-state index in [9.17, 15) is 0 Å². The summed E-state index contributed by atoms with van der Waals surface area (Å²) in [6.07, 6.45) is 7.68. The summed E-state index contributed by atoms with van der Waals surface area (Å²) in [5.74, 6) is 0. The van der Waals surface area contributed by atoms with E-state index in [-0.39, 0.29) is 0 Å². The van der Waals surface area contributed by atoms with Crippen molar-refractivity contribution in [2.75, 3.05) is 13.2 Å². The van der Waals surface area contributed by atoms with Crippen molar-refractivity contribution in [1.29, 1.82) is 0 Å². The molecule has 2 aromatic rings. The predicted molar refractivity (Wildman–Crippen MR) is 72.5 cm³/mol. The number of nitrogens with one attached hydrogen (secondary N) is 2. The first-order chi connectivity index (χ1) is 9.43. The van der Waals surface area contributed by atoms with Crippen molar-refractivity contribution in [3.63, 3.8) is 0 Å². The summed E-state index contributed by atoms with van der Waals surface area (Å²) in [6, 6.07) is 4.52. The number of H-pyrrole nitrogens is 1. The van der Waals surface area contributed by atoms with Crippen molar-refractivity contribution in [1.82, 2.24) is 20.5 Å². The van der Waals surface area contributed by atoms with Crippen LogP contribution < -0.4 is 5.32 Å². The topological polar surface area (TPSA) is 62.8 Å². The number of aromatic nitrogens is 3. The molecule has 1 aliphatic rings. The molecule has 0 amide bonds. The van der Waals surface area contributed by atoms with Crippen LogP contribution in [0.2, 0.25) is 0 Å². The highest BCUT2D eigenvalue weighted by Gasteiger charge is 2.14. The van der Waals surface area contributed by atoms with Crippen LogP contribution in [0, 0.1) is 0 Å². The van der Waals surface area contributed by atoms with Crippen LogP contribution in [0.4, 0.5) is 0 Å². The lowest BCUT2D eigenvalue weighted by atomic mass is 10.1. The SMILES string of the molecule is c1cncc(-c2[nH]ncc2CNC2CCOCC2)c1. The number of aromatic amines is 1. The lowest BCUT2D eigenvalue weighted by molar-refractivity contribution is 0.0776. The number of rotatable bonds is 4. The molecule has 0 aliphatic carbocycles. The molecule has 0 spiro atoms. The van der Waals surface area contributed by atoms with Gasteiger partial charge >= 0.3 is 0 Å². The van der Waals surface area contributed by atoms with Gasteiger partial charge in [0.25, 0.3) is 0 Å². The smallest absolute Gasteiger partial charge is 0.0710 e. The average molecular weight is 258 g/mol. The zero-order valence-electron chi connectivity index (χ0n) is 10.8. The monoisotopic (exact) mass is 258 g/mol. The van der Waals surface area contributed by atoms with E-state index in [0.29, 0.717) is 6.04 Å². The second-order valence-corrected chi connectivity index (χ2v) is 4.78. The van der Waals surface area contributed by atoms with Crippen molar-refractivity contribution in [2.45, 2.75) is 25.4 Å². The van der Waals surface area contributed by atoms with Gasteiger partial charge in [-0.1, -0.05) is 0 Å². The molecular weight excluding hydrogens is 240 g/mol. The highest BCUT2D eigenvalue weighted by molar-refractivity contribution is 5.61. The maximum absolute atomic E-state index is 5.36. The lowest BCUT2D eigenvalue weighted by Gasteiger charge is -2.23. The van der Waals surface area contributed by atoms with Gasteiger partial charge in [0.05, 0.1) is 11.9 Å². The molecule has 2 aromatic heterocycles. The van der Waals surface area contributed by atoms with Crippen molar-refractivity contribution in [3.05, 3.63) is 36.3 Å². The molecule has 2 N–H and O–H groups in total. The fourth-order valence-corrected chi connectivity index (χ4v) is 2.36. The van der Waals surface area contributed by atoms with Crippen molar-refractivity contribution in [2.24, 2.45) is 0 Å². The van der Waals surface area contributed by atoms with Crippen LogP contribution >= 0.6 is 0 Å². The summed E-state index contributed by atoms with van der Waals surface area (Å²) < 4.78 is 5.36. The zero-order chi connectivity index (χ0) is 12.9. The highest BCUT2D eigenvalue weighted by Crippen LogP contribution is 2.20. The van der Waals surface area contributed by atoms with Crippen LogP contribution in [0.5, 0.6) is 0 Å². The molecule has 0 saturated carbocycles. The van der Waals surface area contributed by atoms with Crippen molar-refractivity contribution >= 4 is 0 Å². The summed E-state index contributed by atoms with van der Waals surface area (Å²) in [6.45, 7) is 2.54. The summed E-state index contributed by atoms with van der Waals surface area (Å²) in [4.78, 5) is 4.15. The van der Waals surface area contributed by atoms with Gasteiger partial charge in [-0.3, -0.25) is 10.1 Å². The van der Waals surface area contributed by atoms with Gasteiger partial charge in [0, 0.05) is 49.3 Å². The highest BCUT2D eigenvalue weighted by atomic mass is 16.5. The molecule has 100 valence electrons. The van der Waals surface area contributed by atoms with Gasteiger partial charge in [0.2, 0.25) is 0 Å². The molecular formula is C14H18N4O. The Morgan fingerprint density at radius 1 is 1.32 bits per heavy atom. The van der Waals surface area contributed by atoms with E-state index in [1.54, 1.807) is 6.20 Å². The summed E-state index contributed by atoms with van der Waals surface area (Å²) in [5.41, 5.74) is 3.30. The Balaban J connectivity index is 1.67. The summed E-state index contributed by atoms with van der Waals surface area (Å²) in [5, 5.41) is 10.8. The molecule has 1 fully saturated rings. The Kier molecular flexibility index (Phi) is 3.86. The molecule has 0 bridgehead atoms.